The zero-order valence-electron chi connectivity index (χ0n) is 16.3. The van der Waals surface area contributed by atoms with E-state index in [9.17, 15) is 14.7 Å². The molecule has 0 atom stereocenters. The van der Waals surface area contributed by atoms with Gasteiger partial charge >= 0.3 is 0 Å². The molecule has 0 bridgehead atoms. The second kappa shape index (κ2) is 10.3. The average molecular weight is 452 g/mol. The number of rotatable bonds is 7. The van der Waals surface area contributed by atoms with Gasteiger partial charge in [-0.1, -0.05) is 28.8 Å². The van der Waals surface area contributed by atoms with Crippen molar-refractivity contribution in [2.24, 2.45) is 11.8 Å². The van der Waals surface area contributed by atoms with Crippen molar-refractivity contribution in [1.29, 1.82) is 0 Å². The predicted molar refractivity (Wildman–Crippen MR) is 112 cm³/mol. The third kappa shape index (κ3) is 6.21. The molecule has 1 heterocycles. The maximum atomic E-state index is 12.3. The van der Waals surface area contributed by atoms with Crippen molar-refractivity contribution in [1.82, 2.24) is 15.5 Å². The Labute approximate surface area is 175 Å². The van der Waals surface area contributed by atoms with Gasteiger partial charge < -0.3 is 20.6 Å². The maximum absolute atomic E-state index is 12.3. The molecule has 2 amide bonds. The number of halogens is 1. The Morgan fingerprint density at radius 3 is 2.46 bits per heavy atom. The van der Waals surface area contributed by atoms with Gasteiger partial charge in [0.15, 0.2) is 0 Å². The van der Waals surface area contributed by atoms with E-state index in [1.807, 2.05) is 0 Å². The van der Waals surface area contributed by atoms with Crippen LogP contribution in [0.2, 0.25) is 0 Å². The van der Waals surface area contributed by atoms with E-state index in [2.05, 4.69) is 31.5 Å². The van der Waals surface area contributed by atoms with Crippen LogP contribution in [0.5, 0.6) is 5.75 Å². The Morgan fingerprint density at radius 1 is 1.07 bits per heavy atom. The van der Waals surface area contributed by atoms with Gasteiger partial charge in [0.2, 0.25) is 5.91 Å². The van der Waals surface area contributed by atoms with Gasteiger partial charge in [0.05, 0.1) is 0 Å². The molecule has 1 aliphatic carbocycles. The first-order valence-electron chi connectivity index (χ1n) is 10.3. The highest BCUT2D eigenvalue weighted by Crippen LogP contribution is 2.24. The Hall–Kier alpha value is -1.60. The fraction of sp³-hybridized carbons (Fsp3) is 0.619. The maximum Gasteiger partial charge on any atom is 0.251 e. The minimum absolute atomic E-state index is 0.0767. The van der Waals surface area contributed by atoms with Gasteiger partial charge in [-0.15, -0.1) is 0 Å². The van der Waals surface area contributed by atoms with Gasteiger partial charge in [0.25, 0.3) is 5.91 Å². The topological polar surface area (TPSA) is 81.7 Å². The normalized spacial score (nSPS) is 18.9. The summed E-state index contributed by atoms with van der Waals surface area (Å²) >= 11 is 3.29. The molecule has 2 aliphatic rings. The van der Waals surface area contributed by atoms with Crippen LogP contribution in [-0.2, 0) is 4.79 Å². The van der Waals surface area contributed by atoms with Gasteiger partial charge in [-0.05, 0) is 62.9 Å². The number of hydrogen-bond donors (Lipinski definition) is 3. The average Bonchev–Trinajstić information content (AvgIpc) is 3.21. The summed E-state index contributed by atoms with van der Waals surface area (Å²) in [6.45, 7) is 4.27. The molecule has 7 heteroatoms. The van der Waals surface area contributed by atoms with E-state index in [1.54, 1.807) is 12.1 Å². The standard InChI is InChI=1S/C21H30BrN3O3/c22-18-11-17(12-19(26)13-18)21(28)24-14-15-5-8-25(9-6-15)10-7-23-20(27)16-3-1-2-4-16/h11-13,15-16,26H,1-10,14H2,(H,23,27)(H,24,28). The van der Waals surface area contributed by atoms with Crippen molar-refractivity contribution < 1.29 is 14.7 Å². The lowest BCUT2D eigenvalue weighted by Crippen LogP contribution is -2.42. The van der Waals surface area contributed by atoms with Crippen LogP contribution in [0.25, 0.3) is 0 Å². The minimum Gasteiger partial charge on any atom is -0.508 e. The molecule has 0 spiro atoms. The first-order chi connectivity index (χ1) is 13.5. The Kier molecular flexibility index (Phi) is 7.73. The quantitative estimate of drug-likeness (QED) is 0.595. The highest BCUT2D eigenvalue weighted by molar-refractivity contribution is 9.10. The molecule has 6 nitrogen and oxygen atoms in total. The number of aromatic hydroxyl groups is 1. The largest absolute Gasteiger partial charge is 0.508 e. The Bertz CT molecular complexity index is 663. The van der Waals surface area contributed by atoms with Gasteiger partial charge in [0, 0.05) is 35.6 Å². The fourth-order valence-corrected chi connectivity index (χ4v) is 4.61. The van der Waals surface area contributed by atoms with Gasteiger partial charge in [0.1, 0.15) is 5.75 Å². The molecular formula is C21H30BrN3O3. The lowest BCUT2D eigenvalue weighted by atomic mass is 9.96. The van der Waals surface area contributed by atoms with Crippen molar-refractivity contribution in [3.8, 4) is 5.75 Å². The number of piperidine rings is 1. The Morgan fingerprint density at radius 2 is 1.79 bits per heavy atom. The first-order valence-corrected chi connectivity index (χ1v) is 11.1. The van der Waals surface area contributed by atoms with E-state index in [1.165, 1.54) is 18.9 Å². The summed E-state index contributed by atoms with van der Waals surface area (Å²) in [5.41, 5.74) is 0.460. The number of nitrogens with zero attached hydrogens (tertiary/aromatic N) is 1. The molecule has 1 aromatic rings. The molecule has 1 saturated carbocycles. The molecule has 154 valence electrons. The van der Waals surface area contributed by atoms with Crippen LogP contribution in [0.1, 0.15) is 48.9 Å². The lowest BCUT2D eigenvalue weighted by Gasteiger charge is -2.32. The highest BCUT2D eigenvalue weighted by atomic mass is 79.9. The van der Waals surface area contributed by atoms with E-state index >= 15 is 0 Å². The summed E-state index contributed by atoms with van der Waals surface area (Å²) in [7, 11) is 0. The SMILES string of the molecule is O=C(NCC1CCN(CCNC(=O)C2CCCC2)CC1)c1cc(O)cc(Br)c1. The number of likely N-dealkylation sites (tertiary alicyclic amines) is 1. The van der Waals surface area contributed by atoms with Crippen LogP contribution in [0.3, 0.4) is 0 Å². The van der Waals surface area contributed by atoms with Crippen LogP contribution in [0, 0.1) is 11.8 Å². The summed E-state index contributed by atoms with van der Waals surface area (Å²) in [5.74, 6) is 0.853. The molecule has 0 radical (unpaired) electrons. The molecule has 28 heavy (non-hydrogen) atoms. The van der Waals surface area contributed by atoms with Crippen LogP contribution in [-0.4, -0.2) is 54.5 Å². The summed E-state index contributed by atoms with van der Waals surface area (Å²) in [5, 5.41) is 15.7. The van der Waals surface area contributed by atoms with Crippen molar-refractivity contribution in [2.45, 2.75) is 38.5 Å². The molecule has 0 aromatic heterocycles. The number of phenols is 1. The van der Waals surface area contributed by atoms with Crippen LogP contribution in [0.4, 0.5) is 0 Å². The number of amides is 2. The van der Waals surface area contributed by atoms with Gasteiger partial charge in [-0.3, -0.25) is 9.59 Å². The summed E-state index contributed by atoms with van der Waals surface area (Å²) in [6.07, 6.45) is 6.54. The van der Waals surface area contributed by atoms with Crippen LogP contribution in [0.15, 0.2) is 22.7 Å². The summed E-state index contributed by atoms with van der Waals surface area (Å²) in [4.78, 5) is 26.7. The molecule has 1 aliphatic heterocycles. The van der Waals surface area contributed by atoms with Crippen molar-refractivity contribution in [3.05, 3.63) is 28.2 Å². The van der Waals surface area contributed by atoms with Gasteiger partial charge in [-0.2, -0.15) is 0 Å². The molecule has 0 unspecified atom stereocenters. The first kappa shape index (κ1) is 21.1. The number of benzene rings is 1. The number of nitrogens with one attached hydrogen (secondary N) is 2. The summed E-state index contributed by atoms with van der Waals surface area (Å²) in [6, 6.07) is 4.74. The third-order valence-electron chi connectivity index (χ3n) is 5.86. The molecule has 2 fully saturated rings. The molecule has 1 aromatic carbocycles. The van der Waals surface area contributed by atoms with Crippen molar-refractivity contribution in [3.63, 3.8) is 0 Å². The molecular weight excluding hydrogens is 422 g/mol. The third-order valence-corrected chi connectivity index (χ3v) is 6.31. The zero-order valence-corrected chi connectivity index (χ0v) is 17.8. The van der Waals surface area contributed by atoms with Crippen molar-refractivity contribution >= 4 is 27.7 Å². The highest BCUT2D eigenvalue weighted by Gasteiger charge is 2.23. The number of carbonyl (C=O) groups excluding carboxylic acids is 2. The number of phenolic OH excluding ortho intramolecular Hbond substituents is 1. The number of hydrogen-bond acceptors (Lipinski definition) is 4. The van der Waals surface area contributed by atoms with E-state index in [4.69, 9.17) is 0 Å². The zero-order chi connectivity index (χ0) is 19.9. The number of carbonyl (C=O) groups is 2. The van der Waals surface area contributed by atoms with E-state index in [0.717, 1.165) is 51.9 Å². The summed E-state index contributed by atoms with van der Waals surface area (Å²) < 4.78 is 0.686. The molecule has 1 saturated heterocycles. The monoisotopic (exact) mass is 451 g/mol. The van der Waals surface area contributed by atoms with E-state index in [0.29, 0.717) is 22.5 Å². The second-order valence-electron chi connectivity index (χ2n) is 7.97. The van der Waals surface area contributed by atoms with E-state index in [-0.39, 0.29) is 23.5 Å². The van der Waals surface area contributed by atoms with Crippen LogP contribution >= 0.6 is 15.9 Å². The lowest BCUT2D eigenvalue weighted by molar-refractivity contribution is -0.124. The molecule has 3 N–H and O–H groups in total. The van der Waals surface area contributed by atoms with Crippen LogP contribution < -0.4 is 10.6 Å². The predicted octanol–water partition coefficient (Wildman–Crippen LogP) is 2.90. The fourth-order valence-electron chi connectivity index (χ4n) is 4.13. The second-order valence-corrected chi connectivity index (χ2v) is 8.88. The van der Waals surface area contributed by atoms with Crippen molar-refractivity contribution in [2.75, 3.05) is 32.7 Å². The minimum atomic E-state index is -0.159. The Balaban J connectivity index is 1.31. The molecule has 3 rings (SSSR count). The van der Waals surface area contributed by atoms with E-state index < -0.39 is 0 Å². The smallest absolute Gasteiger partial charge is 0.251 e. The van der Waals surface area contributed by atoms with Gasteiger partial charge in [-0.25, -0.2) is 0 Å².